The lowest BCUT2D eigenvalue weighted by Crippen LogP contribution is -2.17. The van der Waals surface area contributed by atoms with Crippen LogP contribution in [0.5, 0.6) is 0 Å². The number of rotatable bonds is 5. The highest BCUT2D eigenvalue weighted by molar-refractivity contribution is 5.78. The largest absolute Gasteiger partial charge is 0.445 e. The number of terminal acetylenes is 1. The molecular formula is C17H24O2. The molecule has 1 aliphatic carbocycles. The van der Waals surface area contributed by atoms with Gasteiger partial charge < -0.3 is 4.74 Å². The van der Waals surface area contributed by atoms with Crippen molar-refractivity contribution in [2.45, 2.75) is 47.1 Å². The molecule has 3 unspecified atom stereocenters. The van der Waals surface area contributed by atoms with Crippen LogP contribution in [0.25, 0.3) is 0 Å². The first kappa shape index (κ1) is 15.6. The molecule has 19 heavy (non-hydrogen) atoms. The molecular weight excluding hydrogens is 236 g/mol. The third kappa shape index (κ3) is 3.73. The molecule has 0 radical (unpaired) electrons. The van der Waals surface area contributed by atoms with Crippen molar-refractivity contribution in [2.75, 3.05) is 0 Å². The molecule has 2 nitrogen and oxygen atoms in total. The highest BCUT2D eigenvalue weighted by atomic mass is 16.5. The van der Waals surface area contributed by atoms with Gasteiger partial charge in [-0.15, -0.1) is 6.42 Å². The van der Waals surface area contributed by atoms with Crippen molar-refractivity contribution < 1.29 is 9.53 Å². The summed E-state index contributed by atoms with van der Waals surface area (Å²) in [6, 6.07) is 0. The third-order valence-electron chi connectivity index (χ3n) is 3.63. The molecule has 0 aromatic rings. The van der Waals surface area contributed by atoms with Gasteiger partial charge in [-0.05, 0) is 37.7 Å². The van der Waals surface area contributed by atoms with Crippen LogP contribution < -0.4 is 0 Å². The standard InChI is InChI=1S/C17H24O2/c1-7-9-10-13(8-2)19-16(18)15-14(11-12(3)4)17(15,5)6/h2,9-11,13-15H,7H2,1,3-6H3/b10-9+. The van der Waals surface area contributed by atoms with E-state index in [0.717, 1.165) is 6.42 Å². The molecule has 0 N–H and O–H groups in total. The maximum atomic E-state index is 12.2. The van der Waals surface area contributed by atoms with Gasteiger partial charge in [-0.3, -0.25) is 4.79 Å². The molecule has 0 aromatic carbocycles. The second-order valence-electron chi connectivity index (χ2n) is 5.93. The second kappa shape index (κ2) is 6.10. The van der Waals surface area contributed by atoms with Gasteiger partial charge in [0.2, 0.25) is 0 Å². The molecule has 104 valence electrons. The summed E-state index contributed by atoms with van der Waals surface area (Å²) in [7, 11) is 0. The van der Waals surface area contributed by atoms with Crippen molar-refractivity contribution in [3.8, 4) is 12.3 Å². The minimum Gasteiger partial charge on any atom is -0.445 e. The number of hydrogen-bond acceptors (Lipinski definition) is 2. The fourth-order valence-electron chi connectivity index (χ4n) is 2.39. The Balaban J connectivity index is 2.68. The molecule has 1 aliphatic rings. The Labute approximate surface area is 116 Å². The molecule has 0 spiro atoms. The van der Waals surface area contributed by atoms with Crippen molar-refractivity contribution in [1.82, 2.24) is 0 Å². The monoisotopic (exact) mass is 260 g/mol. The summed E-state index contributed by atoms with van der Waals surface area (Å²) in [4.78, 5) is 12.2. The van der Waals surface area contributed by atoms with E-state index >= 15 is 0 Å². The van der Waals surface area contributed by atoms with E-state index in [9.17, 15) is 4.79 Å². The van der Waals surface area contributed by atoms with E-state index in [1.54, 1.807) is 6.08 Å². The maximum Gasteiger partial charge on any atom is 0.311 e. The van der Waals surface area contributed by atoms with E-state index < -0.39 is 6.10 Å². The summed E-state index contributed by atoms with van der Waals surface area (Å²) >= 11 is 0. The minimum absolute atomic E-state index is 0.0258. The molecule has 0 amide bonds. The zero-order chi connectivity index (χ0) is 14.6. The van der Waals surface area contributed by atoms with Crippen LogP contribution in [-0.4, -0.2) is 12.1 Å². The van der Waals surface area contributed by atoms with Gasteiger partial charge in [0, 0.05) is 0 Å². The molecule has 0 bridgehead atoms. The number of carbonyl (C=O) groups excluding carboxylic acids is 1. The first-order chi connectivity index (χ1) is 8.84. The Morgan fingerprint density at radius 3 is 2.58 bits per heavy atom. The predicted molar refractivity (Wildman–Crippen MR) is 78.3 cm³/mol. The van der Waals surface area contributed by atoms with Crippen LogP contribution in [0.3, 0.4) is 0 Å². The quantitative estimate of drug-likeness (QED) is 0.427. The summed E-state index contributed by atoms with van der Waals surface area (Å²) in [5, 5.41) is 0. The molecule has 0 saturated heterocycles. The SMILES string of the molecule is C#CC(/C=C/CC)OC(=O)C1C(C=C(C)C)C1(C)C. The molecule has 0 aromatic heterocycles. The average molecular weight is 260 g/mol. The summed E-state index contributed by atoms with van der Waals surface area (Å²) in [5.74, 6) is 2.49. The fraction of sp³-hybridized carbons (Fsp3) is 0.588. The Morgan fingerprint density at radius 2 is 2.11 bits per heavy atom. The van der Waals surface area contributed by atoms with Crippen LogP contribution in [-0.2, 0) is 9.53 Å². The summed E-state index contributed by atoms with van der Waals surface area (Å²) in [5.41, 5.74) is 1.20. The zero-order valence-corrected chi connectivity index (χ0v) is 12.6. The van der Waals surface area contributed by atoms with E-state index in [1.807, 2.05) is 26.8 Å². The summed E-state index contributed by atoms with van der Waals surface area (Å²) < 4.78 is 5.38. The molecule has 1 saturated carbocycles. The lowest BCUT2D eigenvalue weighted by Gasteiger charge is -2.09. The van der Waals surface area contributed by atoms with Crippen LogP contribution in [0.4, 0.5) is 0 Å². The van der Waals surface area contributed by atoms with Crippen molar-refractivity contribution >= 4 is 5.97 Å². The predicted octanol–water partition coefficient (Wildman–Crippen LogP) is 3.74. The smallest absolute Gasteiger partial charge is 0.311 e. The normalized spacial score (nSPS) is 25.5. The van der Waals surface area contributed by atoms with E-state index in [0.29, 0.717) is 0 Å². The highest BCUT2D eigenvalue weighted by Gasteiger charge is 2.61. The Kier molecular flexibility index (Phi) is 5.00. The fourth-order valence-corrected chi connectivity index (χ4v) is 2.39. The number of esters is 1. The van der Waals surface area contributed by atoms with Gasteiger partial charge in [0.1, 0.15) is 0 Å². The van der Waals surface area contributed by atoms with Crippen molar-refractivity contribution in [1.29, 1.82) is 0 Å². The molecule has 2 heteroatoms. The van der Waals surface area contributed by atoms with Gasteiger partial charge >= 0.3 is 5.97 Å². The second-order valence-corrected chi connectivity index (χ2v) is 5.93. The third-order valence-corrected chi connectivity index (χ3v) is 3.63. The van der Waals surface area contributed by atoms with Gasteiger partial charge in [-0.25, -0.2) is 0 Å². The minimum atomic E-state index is -0.545. The summed E-state index contributed by atoms with van der Waals surface area (Å²) in [6.07, 6.45) is 11.5. The van der Waals surface area contributed by atoms with Crippen molar-refractivity contribution in [3.05, 3.63) is 23.8 Å². The first-order valence-corrected chi connectivity index (χ1v) is 6.82. The van der Waals surface area contributed by atoms with Crippen molar-refractivity contribution in [3.63, 3.8) is 0 Å². The van der Waals surface area contributed by atoms with Gasteiger partial charge in [0.25, 0.3) is 0 Å². The van der Waals surface area contributed by atoms with E-state index in [1.165, 1.54) is 5.57 Å². The van der Waals surface area contributed by atoms with Crippen LogP contribution in [0.1, 0.15) is 41.0 Å². The van der Waals surface area contributed by atoms with Crippen LogP contribution >= 0.6 is 0 Å². The lowest BCUT2D eigenvalue weighted by molar-refractivity contribution is -0.147. The van der Waals surface area contributed by atoms with Crippen molar-refractivity contribution in [2.24, 2.45) is 17.3 Å². The number of ether oxygens (including phenoxy) is 1. The van der Waals surface area contributed by atoms with Gasteiger partial charge in [0.05, 0.1) is 5.92 Å². The molecule has 3 atom stereocenters. The van der Waals surface area contributed by atoms with Gasteiger partial charge in [0.15, 0.2) is 6.10 Å². The molecule has 0 heterocycles. The first-order valence-electron chi connectivity index (χ1n) is 6.82. The molecule has 1 fully saturated rings. The van der Waals surface area contributed by atoms with E-state index in [2.05, 4.69) is 25.8 Å². The average Bonchev–Trinajstić information content (AvgIpc) is 2.85. The number of hydrogen-bond donors (Lipinski definition) is 0. The Morgan fingerprint density at radius 1 is 1.47 bits per heavy atom. The number of carbonyl (C=O) groups is 1. The van der Waals surface area contributed by atoms with Gasteiger partial charge in [-0.2, -0.15) is 0 Å². The molecule has 0 aliphatic heterocycles. The lowest BCUT2D eigenvalue weighted by atomic mass is 10.1. The topological polar surface area (TPSA) is 26.3 Å². The van der Waals surface area contributed by atoms with Gasteiger partial charge in [-0.1, -0.05) is 44.4 Å². The number of allylic oxidation sites excluding steroid dienone is 3. The maximum absolute atomic E-state index is 12.2. The van der Waals surface area contributed by atoms with E-state index in [-0.39, 0.29) is 23.2 Å². The van der Waals surface area contributed by atoms with Crippen LogP contribution in [0.2, 0.25) is 0 Å². The Hall–Kier alpha value is -1.49. The van der Waals surface area contributed by atoms with E-state index in [4.69, 9.17) is 11.2 Å². The zero-order valence-electron chi connectivity index (χ0n) is 12.6. The van der Waals surface area contributed by atoms with Crippen LogP contribution in [0, 0.1) is 29.6 Å². The highest BCUT2D eigenvalue weighted by Crippen LogP contribution is 2.59. The Bertz CT molecular complexity index is 431. The van der Waals surface area contributed by atoms with Crippen LogP contribution in [0.15, 0.2) is 23.8 Å². The summed E-state index contributed by atoms with van der Waals surface area (Å²) in [6.45, 7) is 10.3. The molecule has 1 rings (SSSR count).